The molecule has 1 aliphatic rings. The molecule has 1 aliphatic carbocycles. The van der Waals surface area contributed by atoms with Gasteiger partial charge in [-0.15, -0.1) is 0 Å². The molecule has 0 bridgehead atoms. The van der Waals surface area contributed by atoms with Crippen LogP contribution in [0.15, 0.2) is 12.2 Å². The van der Waals surface area contributed by atoms with E-state index in [1.54, 1.807) is 0 Å². The predicted octanol–water partition coefficient (Wildman–Crippen LogP) is 1.46. The van der Waals surface area contributed by atoms with Crippen molar-refractivity contribution >= 4 is 12.0 Å². The van der Waals surface area contributed by atoms with Gasteiger partial charge in [0.1, 0.15) is 6.04 Å². The minimum Gasteiger partial charge on any atom is -0.480 e. The molecule has 2 atom stereocenters. The highest BCUT2D eigenvalue weighted by atomic mass is 16.4. The maximum atomic E-state index is 11.7. The minimum atomic E-state index is -0.997. The van der Waals surface area contributed by atoms with Crippen molar-refractivity contribution in [2.75, 3.05) is 13.6 Å². The number of nitrogens with one attached hydrogen (secondary N) is 1. The van der Waals surface area contributed by atoms with Crippen molar-refractivity contribution in [3.8, 4) is 0 Å². The van der Waals surface area contributed by atoms with Crippen LogP contribution in [-0.2, 0) is 4.79 Å². The highest BCUT2D eigenvalue weighted by molar-refractivity contribution is 5.82. The summed E-state index contributed by atoms with van der Waals surface area (Å²) in [7, 11) is 1.49. The van der Waals surface area contributed by atoms with Gasteiger partial charge in [0.2, 0.25) is 0 Å². The van der Waals surface area contributed by atoms with Gasteiger partial charge < -0.3 is 15.3 Å². The summed E-state index contributed by atoms with van der Waals surface area (Å²) in [5.41, 5.74) is 0. The Morgan fingerprint density at radius 3 is 2.76 bits per heavy atom. The van der Waals surface area contributed by atoms with E-state index < -0.39 is 12.0 Å². The Kier molecular flexibility index (Phi) is 5.00. The second-order valence-corrected chi connectivity index (χ2v) is 4.46. The third kappa shape index (κ3) is 4.09. The van der Waals surface area contributed by atoms with E-state index in [1.807, 2.05) is 0 Å². The van der Waals surface area contributed by atoms with Gasteiger partial charge in [-0.3, -0.25) is 0 Å². The molecule has 1 rings (SSSR count). The lowest BCUT2D eigenvalue weighted by Crippen LogP contribution is -2.46. The van der Waals surface area contributed by atoms with Gasteiger partial charge in [0, 0.05) is 13.6 Å². The van der Waals surface area contributed by atoms with E-state index in [2.05, 4.69) is 17.5 Å². The molecule has 5 heteroatoms. The zero-order valence-electron chi connectivity index (χ0n) is 10.3. The Morgan fingerprint density at radius 1 is 1.53 bits per heavy atom. The summed E-state index contributed by atoms with van der Waals surface area (Å²) in [4.78, 5) is 23.6. The minimum absolute atomic E-state index is 0.325. The first-order valence-corrected chi connectivity index (χ1v) is 5.91. The largest absolute Gasteiger partial charge is 0.480 e. The summed E-state index contributed by atoms with van der Waals surface area (Å²) in [5, 5.41) is 11.6. The normalized spacial score (nSPS) is 20.7. The van der Waals surface area contributed by atoms with Crippen LogP contribution in [-0.4, -0.2) is 41.6 Å². The third-order valence-corrected chi connectivity index (χ3v) is 3.18. The van der Waals surface area contributed by atoms with Gasteiger partial charge in [-0.2, -0.15) is 0 Å². The molecule has 0 aromatic rings. The first kappa shape index (κ1) is 13.5. The molecule has 2 amide bonds. The average molecular weight is 240 g/mol. The van der Waals surface area contributed by atoms with E-state index in [4.69, 9.17) is 5.11 Å². The summed E-state index contributed by atoms with van der Waals surface area (Å²) >= 11 is 0. The van der Waals surface area contributed by atoms with Gasteiger partial charge in [0.05, 0.1) is 0 Å². The van der Waals surface area contributed by atoms with Crippen molar-refractivity contribution in [3.05, 3.63) is 12.2 Å². The molecular formula is C12H20N2O3. The van der Waals surface area contributed by atoms with Crippen LogP contribution in [0.25, 0.3) is 0 Å². The topological polar surface area (TPSA) is 69.6 Å². The molecule has 96 valence electrons. The number of allylic oxidation sites excluding steroid dienone is 2. The Labute approximate surface area is 101 Å². The number of carbonyl (C=O) groups excluding carboxylic acids is 1. The molecule has 0 saturated carbocycles. The van der Waals surface area contributed by atoms with E-state index in [-0.39, 0.29) is 6.03 Å². The number of hydrogen-bond acceptors (Lipinski definition) is 2. The standard InChI is InChI=1S/C12H20N2O3/c1-9(11(15)16)14(2)12(17)13-8-10-6-4-3-5-7-10/h3-4,9-10H,5-8H2,1-2H3,(H,13,17)(H,15,16). The summed E-state index contributed by atoms with van der Waals surface area (Å²) in [6, 6.07) is -1.13. The van der Waals surface area contributed by atoms with E-state index >= 15 is 0 Å². The first-order valence-electron chi connectivity index (χ1n) is 5.91. The van der Waals surface area contributed by atoms with Gasteiger partial charge >= 0.3 is 12.0 Å². The molecule has 0 fully saturated rings. The van der Waals surface area contributed by atoms with Gasteiger partial charge in [0.25, 0.3) is 0 Å². The number of aliphatic carboxylic acids is 1. The second kappa shape index (κ2) is 6.27. The molecule has 0 aromatic heterocycles. The molecule has 0 spiro atoms. The number of rotatable bonds is 4. The number of likely N-dealkylation sites (N-methyl/N-ethyl adjacent to an activating group) is 1. The molecule has 0 radical (unpaired) electrons. The maximum Gasteiger partial charge on any atom is 0.326 e. The Bertz CT molecular complexity index is 315. The first-order chi connectivity index (χ1) is 8.02. The molecule has 0 aromatic carbocycles. The molecule has 2 N–H and O–H groups in total. The highest BCUT2D eigenvalue weighted by Crippen LogP contribution is 2.16. The quantitative estimate of drug-likeness (QED) is 0.731. The van der Waals surface area contributed by atoms with Gasteiger partial charge in [-0.25, -0.2) is 9.59 Å². The monoisotopic (exact) mass is 240 g/mol. The SMILES string of the molecule is CC(C(=O)O)N(C)C(=O)NCC1CC=CCC1. The van der Waals surface area contributed by atoms with Crippen LogP contribution < -0.4 is 5.32 Å². The number of carboxylic acid groups (broad SMARTS) is 1. The van der Waals surface area contributed by atoms with Crippen molar-refractivity contribution in [1.82, 2.24) is 10.2 Å². The lowest BCUT2D eigenvalue weighted by Gasteiger charge is -2.24. The predicted molar refractivity (Wildman–Crippen MR) is 64.7 cm³/mol. The molecule has 5 nitrogen and oxygen atoms in total. The lowest BCUT2D eigenvalue weighted by atomic mass is 9.94. The van der Waals surface area contributed by atoms with E-state index in [0.29, 0.717) is 12.5 Å². The van der Waals surface area contributed by atoms with Gasteiger partial charge in [0.15, 0.2) is 0 Å². The average Bonchev–Trinajstić information content (AvgIpc) is 2.35. The smallest absolute Gasteiger partial charge is 0.326 e. The number of amides is 2. The highest BCUT2D eigenvalue weighted by Gasteiger charge is 2.22. The zero-order valence-corrected chi connectivity index (χ0v) is 10.3. The van der Waals surface area contributed by atoms with Crippen molar-refractivity contribution in [2.24, 2.45) is 5.92 Å². The van der Waals surface area contributed by atoms with Crippen LogP contribution >= 0.6 is 0 Å². The van der Waals surface area contributed by atoms with Crippen molar-refractivity contribution < 1.29 is 14.7 Å². The van der Waals surface area contributed by atoms with Crippen LogP contribution in [0.1, 0.15) is 26.2 Å². The molecule has 2 unspecified atom stereocenters. The van der Waals surface area contributed by atoms with Crippen molar-refractivity contribution in [3.63, 3.8) is 0 Å². The van der Waals surface area contributed by atoms with Crippen LogP contribution in [0.3, 0.4) is 0 Å². The summed E-state index contributed by atoms with van der Waals surface area (Å²) in [6.45, 7) is 2.10. The van der Waals surface area contributed by atoms with E-state index in [0.717, 1.165) is 19.3 Å². The maximum absolute atomic E-state index is 11.7. The number of carbonyl (C=O) groups is 2. The van der Waals surface area contributed by atoms with Crippen LogP contribution in [0.4, 0.5) is 4.79 Å². The van der Waals surface area contributed by atoms with Crippen LogP contribution in [0, 0.1) is 5.92 Å². The van der Waals surface area contributed by atoms with Crippen LogP contribution in [0.5, 0.6) is 0 Å². The molecule has 0 heterocycles. The number of urea groups is 1. The lowest BCUT2D eigenvalue weighted by molar-refractivity contribution is -0.141. The third-order valence-electron chi connectivity index (χ3n) is 3.18. The Hall–Kier alpha value is -1.52. The number of nitrogens with zero attached hydrogens (tertiary/aromatic N) is 1. The summed E-state index contributed by atoms with van der Waals surface area (Å²) < 4.78 is 0. The second-order valence-electron chi connectivity index (χ2n) is 4.46. The fourth-order valence-corrected chi connectivity index (χ4v) is 1.74. The van der Waals surface area contributed by atoms with Gasteiger partial charge in [-0.05, 0) is 32.1 Å². The number of carboxylic acids is 1. The Balaban J connectivity index is 2.33. The van der Waals surface area contributed by atoms with E-state index in [9.17, 15) is 9.59 Å². The molecular weight excluding hydrogens is 220 g/mol. The number of hydrogen-bond donors (Lipinski definition) is 2. The van der Waals surface area contributed by atoms with E-state index in [1.165, 1.54) is 18.9 Å². The van der Waals surface area contributed by atoms with Crippen molar-refractivity contribution in [2.45, 2.75) is 32.2 Å². The van der Waals surface area contributed by atoms with Gasteiger partial charge in [-0.1, -0.05) is 12.2 Å². The van der Waals surface area contributed by atoms with Crippen LogP contribution in [0.2, 0.25) is 0 Å². The zero-order chi connectivity index (χ0) is 12.8. The van der Waals surface area contributed by atoms with Crippen molar-refractivity contribution in [1.29, 1.82) is 0 Å². The summed E-state index contributed by atoms with van der Waals surface area (Å²) in [6.07, 6.45) is 7.40. The molecule has 0 saturated heterocycles. The fourth-order valence-electron chi connectivity index (χ4n) is 1.74. The molecule has 0 aliphatic heterocycles. The molecule has 17 heavy (non-hydrogen) atoms. The summed E-state index contributed by atoms with van der Waals surface area (Å²) in [5.74, 6) is -0.527. The fraction of sp³-hybridized carbons (Fsp3) is 0.667. The Morgan fingerprint density at radius 2 is 2.24 bits per heavy atom.